The van der Waals surface area contributed by atoms with Crippen LogP contribution in [0.3, 0.4) is 0 Å². The molecule has 0 unspecified atom stereocenters. The van der Waals surface area contributed by atoms with Gasteiger partial charge in [-0.3, -0.25) is 9.59 Å². The number of rotatable bonds is 9. The number of anilines is 1. The second-order valence-electron chi connectivity index (χ2n) is 7.03. The molecule has 3 aromatic rings. The number of nitrogens with one attached hydrogen (secondary N) is 2. The molecule has 0 radical (unpaired) electrons. The van der Waals surface area contributed by atoms with E-state index in [-0.39, 0.29) is 0 Å². The second kappa shape index (κ2) is 12.8. The summed E-state index contributed by atoms with van der Waals surface area (Å²) in [6.07, 6.45) is 1.38. The Balaban J connectivity index is 1.62. The van der Waals surface area contributed by atoms with Crippen molar-refractivity contribution in [3.63, 3.8) is 0 Å². The highest BCUT2D eigenvalue weighted by molar-refractivity contribution is 9.10. The van der Waals surface area contributed by atoms with E-state index in [1.807, 2.05) is 19.1 Å². The number of methoxy groups -OCH3 is 1. The number of carbonyl (C=O) groups excluding carboxylic acids is 2. The molecule has 35 heavy (non-hydrogen) atoms. The highest BCUT2D eigenvalue weighted by atomic mass is 79.9. The quantitative estimate of drug-likeness (QED) is 0.214. The van der Waals surface area contributed by atoms with Crippen LogP contribution in [-0.4, -0.2) is 31.7 Å². The molecule has 0 aliphatic rings. The van der Waals surface area contributed by atoms with Crippen LogP contribution in [0.1, 0.15) is 18.1 Å². The van der Waals surface area contributed by atoms with Gasteiger partial charge in [-0.25, -0.2) is 5.43 Å². The molecule has 0 heterocycles. The second-order valence-corrected chi connectivity index (χ2v) is 8.32. The molecule has 3 aromatic carbocycles. The molecule has 0 fully saturated rings. The van der Waals surface area contributed by atoms with Gasteiger partial charge in [0, 0.05) is 5.02 Å². The van der Waals surface area contributed by atoms with Crippen molar-refractivity contribution in [2.75, 3.05) is 19.0 Å². The third-order valence-electron chi connectivity index (χ3n) is 4.57. The molecule has 0 saturated carbocycles. The zero-order chi connectivity index (χ0) is 25.2. The molecule has 0 saturated heterocycles. The fraction of sp³-hybridized carbons (Fsp3) is 0.160. The molecule has 10 heteroatoms. The van der Waals surface area contributed by atoms with Gasteiger partial charge in [0.05, 0.1) is 30.1 Å². The van der Waals surface area contributed by atoms with E-state index in [1.165, 1.54) is 13.3 Å². The number of halogens is 2. The number of carbonyl (C=O) groups is 2. The highest BCUT2D eigenvalue weighted by Gasteiger charge is 2.16. The lowest BCUT2D eigenvalue weighted by Crippen LogP contribution is -2.32. The number of hydrazone groups is 1. The van der Waals surface area contributed by atoms with Gasteiger partial charge in [0.15, 0.2) is 11.5 Å². The first kappa shape index (κ1) is 26.1. The minimum Gasteiger partial charge on any atom is -0.493 e. The number of nitrogens with zero attached hydrogens (tertiary/aromatic N) is 1. The van der Waals surface area contributed by atoms with Crippen molar-refractivity contribution in [2.24, 2.45) is 5.10 Å². The number of para-hydroxylation sites is 2. The molecule has 2 N–H and O–H groups in total. The third-order valence-corrected chi connectivity index (χ3v) is 5.41. The van der Waals surface area contributed by atoms with E-state index in [0.29, 0.717) is 51.2 Å². The number of benzene rings is 3. The first-order valence-electron chi connectivity index (χ1n) is 10.5. The molecule has 0 aliphatic heterocycles. The van der Waals surface area contributed by atoms with Gasteiger partial charge in [-0.05, 0) is 70.4 Å². The summed E-state index contributed by atoms with van der Waals surface area (Å²) in [6, 6.07) is 17.6. The maximum absolute atomic E-state index is 12.2. The Hall–Kier alpha value is -3.56. The maximum Gasteiger partial charge on any atom is 0.329 e. The Labute approximate surface area is 216 Å². The lowest BCUT2D eigenvalue weighted by atomic mass is 10.2. The summed E-state index contributed by atoms with van der Waals surface area (Å²) in [5, 5.41) is 7.02. The van der Waals surface area contributed by atoms with E-state index in [2.05, 4.69) is 31.8 Å². The summed E-state index contributed by atoms with van der Waals surface area (Å²) in [4.78, 5) is 24.4. The van der Waals surface area contributed by atoms with Crippen molar-refractivity contribution in [1.29, 1.82) is 0 Å². The van der Waals surface area contributed by atoms with Crippen LogP contribution in [0.2, 0.25) is 5.02 Å². The van der Waals surface area contributed by atoms with Gasteiger partial charge in [0.2, 0.25) is 0 Å². The van der Waals surface area contributed by atoms with E-state index >= 15 is 0 Å². The molecule has 182 valence electrons. The topological polar surface area (TPSA) is 98.2 Å². The van der Waals surface area contributed by atoms with Crippen molar-refractivity contribution >= 4 is 51.2 Å². The van der Waals surface area contributed by atoms with Gasteiger partial charge in [0.1, 0.15) is 12.4 Å². The molecular weight excluding hydrogens is 538 g/mol. The number of ether oxygens (including phenoxy) is 3. The van der Waals surface area contributed by atoms with E-state index in [1.54, 1.807) is 48.5 Å². The largest absolute Gasteiger partial charge is 0.493 e. The van der Waals surface area contributed by atoms with Crippen molar-refractivity contribution in [3.8, 4) is 17.2 Å². The average Bonchev–Trinajstić information content (AvgIpc) is 2.85. The van der Waals surface area contributed by atoms with Gasteiger partial charge in [-0.1, -0.05) is 35.9 Å². The smallest absolute Gasteiger partial charge is 0.329 e. The lowest BCUT2D eigenvalue weighted by molar-refractivity contribution is -0.136. The number of hydrogen-bond acceptors (Lipinski definition) is 6. The Kier molecular flexibility index (Phi) is 9.51. The summed E-state index contributed by atoms with van der Waals surface area (Å²) in [6.45, 7) is 2.57. The van der Waals surface area contributed by atoms with Gasteiger partial charge in [0.25, 0.3) is 0 Å². The maximum atomic E-state index is 12.2. The number of hydrogen-bond donors (Lipinski definition) is 2. The van der Waals surface area contributed by atoms with Gasteiger partial charge < -0.3 is 19.5 Å². The predicted molar refractivity (Wildman–Crippen MR) is 138 cm³/mol. The first-order chi connectivity index (χ1) is 16.9. The van der Waals surface area contributed by atoms with Crippen LogP contribution < -0.4 is 25.0 Å². The van der Waals surface area contributed by atoms with Crippen LogP contribution in [0.4, 0.5) is 5.69 Å². The molecule has 0 bridgehead atoms. The van der Waals surface area contributed by atoms with Crippen molar-refractivity contribution in [1.82, 2.24) is 5.43 Å². The number of amides is 2. The zero-order valence-corrected chi connectivity index (χ0v) is 21.4. The zero-order valence-electron chi connectivity index (χ0n) is 19.0. The lowest BCUT2D eigenvalue weighted by Gasteiger charge is -2.13. The normalized spacial score (nSPS) is 10.6. The fourth-order valence-electron chi connectivity index (χ4n) is 2.94. The first-order valence-corrected chi connectivity index (χ1v) is 11.7. The predicted octanol–water partition coefficient (Wildman–Crippen LogP) is 5.18. The van der Waals surface area contributed by atoms with E-state index in [9.17, 15) is 9.59 Å². The summed E-state index contributed by atoms with van der Waals surface area (Å²) >= 11 is 9.39. The highest BCUT2D eigenvalue weighted by Crippen LogP contribution is 2.37. The average molecular weight is 561 g/mol. The van der Waals surface area contributed by atoms with Crippen molar-refractivity contribution < 1.29 is 23.8 Å². The molecular formula is C25H23BrClN3O5. The van der Waals surface area contributed by atoms with Crippen LogP contribution >= 0.6 is 27.5 Å². The van der Waals surface area contributed by atoms with Crippen LogP contribution in [0, 0.1) is 0 Å². The van der Waals surface area contributed by atoms with Gasteiger partial charge in [-0.2, -0.15) is 5.10 Å². The molecule has 2 amide bonds. The van der Waals surface area contributed by atoms with Crippen LogP contribution in [0.5, 0.6) is 17.2 Å². The van der Waals surface area contributed by atoms with E-state index in [0.717, 1.165) is 5.56 Å². The van der Waals surface area contributed by atoms with E-state index in [4.69, 9.17) is 25.8 Å². The Bertz CT molecular complexity index is 1220. The Morgan fingerprint density at radius 2 is 1.77 bits per heavy atom. The van der Waals surface area contributed by atoms with Gasteiger partial charge >= 0.3 is 11.8 Å². The molecule has 8 nitrogen and oxygen atoms in total. The molecule has 3 rings (SSSR count). The summed E-state index contributed by atoms with van der Waals surface area (Å²) in [7, 11) is 1.52. The Morgan fingerprint density at radius 1 is 1.03 bits per heavy atom. The SMILES string of the molecule is CCOc1ccccc1NC(=O)C(=O)N/N=C/c1cc(Br)c(OCc2ccc(Cl)cc2)c(OC)c1. The van der Waals surface area contributed by atoms with E-state index < -0.39 is 11.8 Å². The van der Waals surface area contributed by atoms with Crippen LogP contribution in [0.15, 0.2) is 70.2 Å². The molecule has 0 atom stereocenters. The minimum absolute atomic E-state index is 0.317. The summed E-state index contributed by atoms with van der Waals surface area (Å²) in [5.41, 5.74) is 4.14. The molecule has 0 aliphatic carbocycles. The minimum atomic E-state index is -0.929. The fourth-order valence-corrected chi connectivity index (χ4v) is 3.64. The standard InChI is InChI=1S/C25H23BrClN3O5/c1-3-34-21-7-5-4-6-20(21)29-24(31)25(32)30-28-14-17-12-19(26)23(22(13-17)33-2)35-15-16-8-10-18(27)11-9-16/h4-14H,3,15H2,1-2H3,(H,29,31)(H,30,32)/b28-14+. The monoisotopic (exact) mass is 559 g/mol. The molecule has 0 spiro atoms. The van der Waals surface area contributed by atoms with Gasteiger partial charge in [-0.15, -0.1) is 0 Å². The van der Waals surface area contributed by atoms with Crippen molar-refractivity contribution in [3.05, 3.63) is 81.3 Å². The third kappa shape index (κ3) is 7.46. The summed E-state index contributed by atoms with van der Waals surface area (Å²) in [5.74, 6) is -0.363. The van der Waals surface area contributed by atoms with Crippen molar-refractivity contribution in [2.45, 2.75) is 13.5 Å². The molecule has 0 aromatic heterocycles. The van der Waals surface area contributed by atoms with Crippen LogP contribution in [0.25, 0.3) is 0 Å². The van der Waals surface area contributed by atoms with Crippen LogP contribution in [-0.2, 0) is 16.2 Å². The summed E-state index contributed by atoms with van der Waals surface area (Å²) < 4.78 is 17.4. The Morgan fingerprint density at radius 3 is 2.49 bits per heavy atom.